The average Bonchev–Trinajstić information content (AvgIpc) is 2.03. The maximum absolute atomic E-state index is 4.06. The molecule has 0 saturated carbocycles. The molecular formula is C7H12N4S. The second kappa shape index (κ2) is 4.27. The molecule has 0 bridgehead atoms. The quantitative estimate of drug-likeness (QED) is 0.432. The lowest BCUT2D eigenvalue weighted by Gasteiger charge is -2.11. The molecule has 0 radical (unpaired) electrons. The van der Waals surface area contributed by atoms with Crippen molar-refractivity contribution < 1.29 is 0 Å². The molecular weight excluding hydrogens is 172 g/mol. The number of hydrazine groups is 1. The molecule has 66 valence electrons. The van der Waals surface area contributed by atoms with Gasteiger partial charge in [-0.05, 0) is 6.26 Å². The molecule has 0 amide bonds. The first-order chi connectivity index (χ1) is 5.72. The zero-order valence-corrected chi connectivity index (χ0v) is 8.22. The summed E-state index contributed by atoms with van der Waals surface area (Å²) in [6.45, 7) is 0. The van der Waals surface area contributed by atoms with Gasteiger partial charge in [0.1, 0.15) is 17.2 Å². The maximum atomic E-state index is 4.06. The second-order valence-corrected chi connectivity index (χ2v) is 3.28. The Morgan fingerprint density at radius 1 is 1.42 bits per heavy atom. The number of nitrogens with one attached hydrogen (secondary N) is 1. The minimum Gasteiger partial charge on any atom is -0.304 e. The molecule has 0 aliphatic carbocycles. The van der Waals surface area contributed by atoms with Crippen LogP contribution in [0, 0.1) is 0 Å². The topological polar surface area (TPSA) is 41.0 Å². The first kappa shape index (κ1) is 9.28. The van der Waals surface area contributed by atoms with Crippen molar-refractivity contribution in [3.05, 3.63) is 12.4 Å². The molecule has 0 atom stereocenters. The summed E-state index contributed by atoms with van der Waals surface area (Å²) in [5.74, 6) is 0.819. The normalized spacial score (nSPS) is 10.3. The van der Waals surface area contributed by atoms with Crippen LogP contribution >= 0.6 is 11.8 Å². The minimum absolute atomic E-state index is 0.819. The average molecular weight is 184 g/mol. The first-order valence-corrected chi connectivity index (χ1v) is 4.75. The molecule has 12 heavy (non-hydrogen) atoms. The third-order valence-electron chi connectivity index (χ3n) is 1.19. The first-order valence-electron chi connectivity index (χ1n) is 3.52. The number of anilines is 1. The Labute approximate surface area is 76.4 Å². The molecule has 5 heteroatoms. The molecule has 4 nitrogen and oxygen atoms in total. The maximum Gasteiger partial charge on any atom is 0.144 e. The summed E-state index contributed by atoms with van der Waals surface area (Å²) in [5, 5.41) is 2.81. The standard InChI is InChI=1S/C7H12N4S/c1-11(2)10-6-4-7(12-3)9-5-8-6/h4-5H,1-3H3,(H,8,9,10). The van der Waals surface area contributed by atoms with E-state index in [1.54, 1.807) is 18.1 Å². The van der Waals surface area contributed by atoms with Crippen LogP contribution in [0.15, 0.2) is 17.4 Å². The van der Waals surface area contributed by atoms with Crippen molar-refractivity contribution in [3.8, 4) is 0 Å². The summed E-state index contributed by atoms with van der Waals surface area (Å²) in [7, 11) is 3.84. The van der Waals surface area contributed by atoms with Crippen molar-refractivity contribution in [2.75, 3.05) is 25.8 Å². The van der Waals surface area contributed by atoms with Gasteiger partial charge in [0.15, 0.2) is 0 Å². The van der Waals surface area contributed by atoms with Gasteiger partial charge in [0.05, 0.1) is 0 Å². The van der Waals surface area contributed by atoms with Gasteiger partial charge in [0.2, 0.25) is 0 Å². The van der Waals surface area contributed by atoms with E-state index in [9.17, 15) is 0 Å². The highest BCUT2D eigenvalue weighted by molar-refractivity contribution is 7.98. The molecule has 1 N–H and O–H groups in total. The highest BCUT2D eigenvalue weighted by Crippen LogP contribution is 2.13. The van der Waals surface area contributed by atoms with E-state index in [4.69, 9.17) is 0 Å². The lowest BCUT2D eigenvalue weighted by atomic mass is 10.6. The molecule has 0 spiro atoms. The molecule has 0 aromatic carbocycles. The Morgan fingerprint density at radius 3 is 2.75 bits per heavy atom. The van der Waals surface area contributed by atoms with E-state index in [0.717, 1.165) is 10.8 Å². The summed E-state index contributed by atoms with van der Waals surface area (Å²) < 4.78 is 0. The Balaban J connectivity index is 2.72. The summed E-state index contributed by atoms with van der Waals surface area (Å²) in [6, 6.07) is 1.91. The number of rotatable bonds is 3. The third-order valence-corrected chi connectivity index (χ3v) is 1.83. The van der Waals surface area contributed by atoms with Gasteiger partial charge in [0.25, 0.3) is 0 Å². The Bertz CT molecular complexity index is 251. The fourth-order valence-corrected chi connectivity index (χ4v) is 1.12. The van der Waals surface area contributed by atoms with E-state index in [0.29, 0.717) is 0 Å². The second-order valence-electron chi connectivity index (χ2n) is 2.45. The van der Waals surface area contributed by atoms with Crippen LogP contribution in [0.4, 0.5) is 5.82 Å². The molecule has 0 aliphatic heterocycles. The van der Waals surface area contributed by atoms with Gasteiger partial charge in [0, 0.05) is 20.2 Å². The van der Waals surface area contributed by atoms with Crippen LogP contribution in [0.25, 0.3) is 0 Å². The van der Waals surface area contributed by atoms with Crippen LogP contribution in [0.1, 0.15) is 0 Å². The molecule has 1 rings (SSSR count). The molecule has 1 heterocycles. The van der Waals surface area contributed by atoms with Gasteiger partial charge in [-0.2, -0.15) is 0 Å². The summed E-state index contributed by atoms with van der Waals surface area (Å²) in [6.07, 6.45) is 3.54. The van der Waals surface area contributed by atoms with Crippen molar-refractivity contribution >= 4 is 17.6 Å². The fraction of sp³-hybridized carbons (Fsp3) is 0.429. The summed E-state index contributed by atoms with van der Waals surface area (Å²) in [5.41, 5.74) is 3.05. The minimum atomic E-state index is 0.819. The molecule has 1 aromatic rings. The summed E-state index contributed by atoms with van der Waals surface area (Å²) in [4.78, 5) is 8.11. The number of hydrogen-bond donors (Lipinski definition) is 1. The Morgan fingerprint density at radius 2 is 2.17 bits per heavy atom. The number of hydrogen-bond acceptors (Lipinski definition) is 5. The van der Waals surface area contributed by atoms with Gasteiger partial charge in [-0.3, -0.25) is 0 Å². The van der Waals surface area contributed by atoms with Gasteiger partial charge in [-0.15, -0.1) is 11.8 Å². The van der Waals surface area contributed by atoms with E-state index in [2.05, 4.69) is 15.4 Å². The monoisotopic (exact) mass is 184 g/mol. The Hall–Kier alpha value is -0.810. The van der Waals surface area contributed by atoms with Crippen molar-refractivity contribution in [1.82, 2.24) is 15.0 Å². The van der Waals surface area contributed by atoms with E-state index < -0.39 is 0 Å². The largest absolute Gasteiger partial charge is 0.304 e. The van der Waals surface area contributed by atoms with Crippen LogP contribution in [-0.4, -0.2) is 35.3 Å². The van der Waals surface area contributed by atoms with Crippen LogP contribution in [0.2, 0.25) is 0 Å². The van der Waals surface area contributed by atoms with Crippen molar-refractivity contribution in [2.24, 2.45) is 0 Å². The highest BCUT2D eigenvalue weighted by Gasteiger charge is 1.96. The fourth-order valence-electron chi connectivity index (χ4n) is 0.741. The molecule has 0 aliphatic rings. The molecule has 0 saturated heterocycles. The van der Waals surface area contributed by atoms with Crippen LogP contribution in [-0.2, 0) is 0 Å². The molecule has 1 aromatic heterocycles. The van der Waals surface area contributed by atoms with E-state index in [-0.39, 0.29) is 0 Å². The van der Waals surface area contributed by atoms with Crippen molar-refractivity contribution in [3.63, 3.8) is 0 Å². The molecule has 0 unspecified atom stereocenters. The number of aromatic nitrogens is 2. The van der Waals surface area contributed by atoms with Crippen molar-refractivity contribution in [2.45, 2.75) is 5.03 Å². The van der Waals surface area contributed by atoms with E-state index in [1.165, 1.54) is 0 Å². The van der Waals surface area contributed by atoms with Gasteiger partial charge < -0.3 is 5.43 Å². The highest BCUT2D eigenvalue weighted by atomic mass is 32.2. The third kappa shape index (κ3) is 2.67. The van der Waals surface area contributed by atoms with Gasteiger partial charge in [-0.25, -0.2) is 15.0 Å². The summed E-state index contributed by atoms with van der Waals surface area (Å²) >= 11 is 1.60. The molecule has 0 fully saturated rings. The van der Waals surface area contributed by atoms with Gasteiger partial charge in [-0.1, -0.05) is 0 Å². The number of nitrogens with zero attached hydrogens (tertiary/aromatic N) is 3. The predicted molar refractivity (Wildman–Crippen MR) is 51.1 cm³/mol. The predicted octanol–water partition coefficient (Wildman–Crippen LogP) is 1.09. The van der Waals surface area contributed by atoms with Crippen LogP contribution in [0.5, 0.6) is 0 Å². The van der Waals surface area contributed by atoms with Gasteiger partial charge >= 0.3 is 0 Å². The smallest absolute Gasteiger partial charge is 0.144 e. The zero-order chi connectivity index (χ0) is 8.97. The van der Waals surface area contributed by atoms with Crippen molar-refractivity contribution in [1.29, 1.82) is 0 Å². The SMILES string of the molecule is CSc1cc(NN(C)C)ncn1. The van der Waals surface area contributed by atoms with Crippen LogP contribution < -0.4 is 5.43 Å². The number of thioether (sulfide) groups is 1. The zero-order valence-electron chi connectivity index (χ0n) is 7.40. The van der Waals surface area contributed by atoms with Crippen LogP contribution in [0.3, 0.4) is 0 Å². The lowest BCUT2D eigenvalue weighted by molar-refractivity contribution is 0.491. The Kier molecular flexibility index (Phi) is 3.31. The van der Waals surface area contributed by atoms with E-state index in [1.807, 2.05) is 31.4 Å². The lowest BCUT2D eigenvalue weighted by Crippen LogP contribution is -2.20. The van der Waals surface area contributed by atoms with E-state index >= 15 is 0 Å².